The van der Waals surface area contributed by atoms with E-state index >= 15 is 0 Å². The average Bonchev–Trinajstić information content (AvgIpc) is 2.57. The minimum atomic E-state index is -0.203. The number of nitrogens with zero attached hydrogens (tertiary/aromatic N) is 2. The Kier molecular flexibility index (Phi) is 6.40. The maximum Gasteiger partial charge on any atom is 0.234 e. The van der Waals surface area contributed by atoms with Crippen molar-refractivity contribution >= 4 is 5.91 Å². The lowest BCUT2D eigenvalue weighted by atomic mass is 9.90. The van der Waals surface area contributed by atoms with E-state index in [1.807, 2.05) is 41.3 Å². The van der Waals surface area contributed by atoms with Crippen LogP contribution < -0.4 is 24.0 Å². The minimum absolute atomic E-state index is 0. The SMILES string of the molecule is C[N+]1(C)CCN(C(=O)C(c2ccccc2)c2ccccc2)CC1.[I-]. The van der Waals surface area contributed by atoms with Crippen LogP contribution in [-0.4, -0.2) is 55.6 Å². The molecule has 0 bridgehead atoms. The van der Waals surface area contributed by atoms with Crippen LogP contribution in [0, 0.1) is 0 Å². The van der Waals surface area contributed by atoms with Gasteiger partial charge < -0.3 is 33.4 Å². The van der Waals surface area contributed by atoms with Crippen LogP contribution in [0.15, 0.2) is 60.7 Å². The smallest absolute Gasteiger partial charge is 0.234 e. The van der Waals surface area contributed by atoms with Gasteiger partial charge in [0, 0.05) is 0 Å². The first kappa shape index (κ1) is 18.9. The summed E-state index contributed by atoms with van der Waals surface area (Å²) >= 11 is 0. The van der Waals surface area contributed by atoms with E-state index in [1.165, 1.54) is 0 Å². The summed E-state index contributed by atoms with van der Waals surface area (Å²) < 4.78 is 0.991. The number of rotatable bonds is 3. The fourth-order valence-electron chi connectivity index (χ4n) is 3.18. The molecule has 24 heavy (non-hydrogen) atoms. The summed E-state index contributed by atoms with van der Waals surface area (Å²) in [4.78, 5) is 15.3. The molecule has 0 N–H and O–H groups in total. The van der Waals surface area contributed by atoms with Gasteiger partial charge in [-0.15, -0.1) is 0 Å². The van der Waals surface area contributed by atoms with Crippen LogP contribution in [0.25, 0.3) is 0 Å². The number of benzene rings is 2. The highest BCUT2D eigenvalue weighted by Gasteiger charge is 2.32. The minimum Gasteiger partial charge on any atom is -1.00 e. The maximum atomic E-state index is 13.2. The second-order valence-electron chi connectivity index (χ2n) is 6.96. The average molecular weight is 436 g/mol. The van der Waals surface area contributed by atoms with Gasteiger partial charge in [0.25, 0.3) is 0 Å². The van der Waals surface area contributed by atoms with Crippen LogP contribution in [0.3, 0.4) is 0 Å². The van der Waals surface area contributed by atoms with Gasteiger partial charge in [-0.2, -0.15) is 0 Å². The molecule has 0 aromatic heterocycles. The second kappa shape index (κ2) is 8.12. The highest BCUT2D eigenvalue weighted by molar-refractivity contribution is 5.87. The number of halogens is 1. The normalized spacial score (nSPS) is 16.5. The van der Waals surface area contributed by atoms with E-state index < -0.39 is 0 Å². The van der Waals surface area contributed by atoms with Crippen molar-refractivity contribution in [1.82, 2.24) is 4.90 Å². The number of hydrogen-bond acceptors (Lipinski definition) is 1. The first-order valence-corrected chi connectivity index (χ1v) is 8.27. The Labute approximate surface area is 161 Å². The number of hydrogen-bond donors (Lipinski definition) is 0. The molecule has 0 radical (unpaired) electrons. The van der Waals surface area contributed by atoms with E-state index in [4.69, 9.17) is 0 Å². The summed E-state index contributed by atoms with van der Waals surface area (Å²) in [5, 5.41) is 0. The largest absolute Gasteiger partial charge is 1.00 e. The van der Waals surface area contributed by atoms with E-state index in [-0.39, 0.29) is 35.8 Å². The zero-order valence-corrected chi connectivity index (χ0v) is 16.5. The van der Waals surface area contributed by atoms with Crippen molar-refractivity contribution < 1.29 is 33.3 Å². The monoisotopic (exact) mass is 436 g/mol. The molecule has 0 aliphatic carbocycles. The first-order valence-electron chi connectivity index (χ1n) is 8.27. The molecule has 0 spiro atoms. The molecule has 1 saturated heterocycles. The van der Waals surface area contributed by atoms with Gasteiger partial charge in [0.05, 0.1) is 46.2 Å². The summed E-state index contributed by atoms with van der Waals surface area (Å²) in [5.74, 6) is 0.0215. The highest BCUT2D eigenvalue weighted by atomic mass is 127. The molecule has 1 aliphatic rings. The zero-order chi connectivity index (χ0) is 16.3. The lowest BCUT2D eigenvalue weighted by Crippen LogP contribution is -3.00. The molecule has 3 nitrogen and oxygen atoms in total. The Morgan fingerprint density at radius 1 is 0.875 bits per heavy atom. The Morgan fingerprint density at radius 2 is 1.29 bits per heavy atom. The molecule has 1 amide bonds. The summed E-state index contributed by atoms with van der Waals surface area (Å²) in [5.41, 5.74) is 2.14. The Balaban J connectivity index is 0.00000208. The number of carbonyl (C=O) groups is 1. The van der Waals surface area contributed by atoms with Crippen molar-refractivity contribution in [2.45, 2.75) is 5.92 Å². The molecule has 0 saturated carbocycles. The maximum absolute atomic E-state index is 13.2. The molecule has 1 fully saturated rings. The fraction of sp³-hybridized carbons (Fsp3) is 0.350. The zero-order valence-electron chi connectivity index (χ0n) is 14.4. The summed E-state index contributed by atoms with van der Waals surface area (Å²) in [6.07, 6.45) is 0. The van der Waals surface area contributed by atoms with Gasteiger partial charge in [-0.05, 0) is 11.1 Å². The molecule has 3 rings (SSSR count). The lowest BCUT2D eigenvalue weighted by molar-refractivity contribution is -0.894. The van der Waals surface area contributed by atoms with Crippen molar-refractivity contribution in [1.29, 1.82) is 0 Å². The molecular formula is C20H25IN2O. The predicted octanol–water partition coefficient (Wildman–Crippen LogP) is -0.259. The molecule has 1 aliphatic heterocycles. The fourth-order valence-corrected chi connectivity index (χ4v) is 3.18. The predicted molar refractivity (Wildman–Crippen MR) is 93.1 cm³/mol. The Morgan fingerprint density at radius 3 is 1.71 bits per heavy atom. The van der Waals surface area contributed by atoms with Gasteiger partial charge in [-0.25, -0.2) is 0 Å². The van der Waals surface area contributed by atoms with Crippen molar-refractivity contribution in [2.24, 2.45) is 0 Å². The number of quaternary nitrogens is 1. The van der Waals surface area contributed by atoms with Gasteiger partial charge in [-0.3, -0.25) is 4.79 Å². The van der Waals surface area contributed by atoms with Gasteiger partial charge in [0.2, 0.25) is 5.91 Å². The van der Waals surface area contributed by atoms with Crippen molar-refractivity contribution in [3.05, 3.63) is 71.8 Å². The Bertz CT molecular complexity index is 608. The molecule has 2 aromatic carbocycles. The van der Waals surface area contributed by atoms with Gasteiger partial charge in [-0.1, -0.05) is 60.7 Å². The van der Waals surface area contributed by atoms with Crippen LogP contribution in [-0.2, 0) is 4.79 Å². The third kappa shape index (κ3) is 4.36. The lowest BCUT2D eigenvalue weighted by Gasteiger charge is -2.40. The van der Waals surface area contributed by atoms with Crippen LogP contribution in [0.4, 0.5) is 0 Å². The van der Waals surface area contributed by atoms with Crippen LogP contribution in [0.2, 0.25) is 0 Å². The van der Waals surface area contributed by atoms with E-state index in [9.17, 15) is 4.79 Å². The number of amides is 1. The molecule has 2 aromatic rings. The van der Waals surface area contributed by atoms with Crippen molar-refractivity contribution in [2.75, 3.05) is 40.3 Å². The molecule has 128 valence electrons. The quantitative estimate of drug-likeness (QED) is 0.480. The van der Waals surface area contributed by atoms with E-state index in [0.717, 1.165) is 41.8 Å². The molecule has 4 heteroatoms. The van der Waals surface area contributed by atoms with Crippen molar-refractivity contribution in [3.8, 4) is 0 Å². The number of carbonyl (C=O) groups excluding carboxylic acids is 1. The highest BCUT2D eigenvalue weighted by Crippen LogP contribution is 2.27. The number of piperazine rings is 1. The van der Waals surface area contributed by atoms with Crippen molar-refractivity contribution in [3.63, 3.8) is 0 Å². The molecule has 0 unspecified atom stereocenters. The standard InChI is InChI=1S/C20H25N2O.HI/c1-22(2)15-13-21(14-16-22)20(23)19(17-9-5-3-6-10-17)18-11-7-4-8-12-18;/h3-12,19H,13-16H2,1-2H3;1H/q+1;/p-1. The van der Waals surface area contributed by atoms with Gasteiger partial charge >= 0.3 is 0 Å². The van der Waals surface area contributed by atoms with Crippen LogP contribution in [0.5, 0.6) is 0 Å². The summed E-state index contributed by atoms with van der Waals surface area (Å²) in [6, 6.07) is 20.2. The van der Waals surface area contributed by atoms with Gasteiger partial charge in [0.15, 0.2) is 0 Å². The van der Waals surface area contributed by atoms with Crippen LogP contribution >= 0.6 is 0 Å². The first-order chi connectivity index (χ1) is 11.1. The van der Waals surface area contributed by atoms with E-state index in [2.05, 4.69) is 38.4 Å². The molecule has 1 heterocycles. The van der Waals surface area contributed by atoms with E-state index in [0.29, 0.717) is 0 Å². The molecular weight excluding hydrogens is 411 g/mol. The summed E-state index contributed by atoms with van der Waals surface area (Å²) in [6.45, 7) is 3.70. The number of likely N-dealkylation sites (N-methyl/N-ethyl adjacent to an activating group) is 1. The van der Waals surface area contributed by atoms with E-state index in [1.54, 1.807) is 0 Å². The van der Waals surface area contributed by atoms with Crippen LogP contribution in [0.1, 0.15) is 17.0 Å². The van der Waals surface area contributed by atoms with Gasteiger partial charge in [0.1, 0.15) is 0 Å². The third-order valence-electron chi connectivity index (χ3n) is 4.77. The molecule has 0 atom stereocenters. The third-order valence-corrected chi connectivity index (χ3v) is 4.77. The second-order valence-corrected chi connectivity index (χ2v) is 6.96. The topological polar surface area (TPSA) is 20.3 Å². The summed E-state index contributed by atoms with van der Waals surface area (Å²) in [7, 11) is 4.46. The Hall–Kier alpha value is -1.40.